The zero-order valence-corrected chi connectivity index (χ0v) is 11.9. The topological polar surface area (TPSA) is 55.1 Å². The van der Waals surface area contributed by atoms with Crippen LogP contribution in [0.1, 0.15) is 22.3 Å². The summed E-state index contributed by atoms with van der Waals surface area (Å²) in [4.78, 5) is 12.2. The van der Waals surface area contributed by atoms with Crippen LogP contribution in [0.3, 0.4) is 0 Å². The second-order valence-corrected chi connectivity index (χ2v) is 5.02. The Morgan fingerprint density at radius 2 is 1.85 bits per heavy atom. The van der Waals surface area contributed by atoms with E-state index in [2.05, 4.69) is 17.4 Å². The Bertz CT molecular complexity index is 620. The van der Waals surface area contributed by atoms with Gasteiger partial charge in [0.05, 0.1) is 6.42 Å². The van der Waals surface area contributed by atoms with E-state index in [-0.39, 0.29) is 5.91 Å². The first-order chi connectivity index (χ1) is 9.60. The number of aryl methyl sites for hydroxylation is 2. The van der Waals surface area contributed by atoms with Crippen molar-refractivity contribution in [2.75, 3.05) is 5.32 Å². The summed E-state index contributed by atoms with van der Waals surface area (Å²) < 4.78 is 0. The molecule has 20 heavy (non-hydrogen) atoms. The van der Waals surface area contributed by atoms with Gasteiger partial charge in [-0.15, -0.1) is 0 Å². The number of benzene rings is 2. The predicted molar refractivity (Wildman–Crippen MR) is 82.6 cm³/mol. The van der Waals surface area contributed by atoms with Crippen LogP contribution >= 0.6 is 0 Å². The maximum atomic E-state index is 12.2. The summed E-state index contributed by atoms with van der Waals surface area (Å²) in [5.41, 5.74) is 10.8. The number of nitrogens with one attached hydrogen (secondary N) is 1. The third-order valence-electron chi connectivity index (χ3n) is 3.37. The smallest absolute Gasteiger partial charge is 0.228 e. The molecule has 2 rings (SSSR count). The summed E-state index contributed by atoms with van der Waals surface area (Å²) in [6.07, 6.45) is 0.381. The van der Waals surface area contributed by atoms with Gasteiger partial charge in [0.1, 0.15) is 0 Å². The third-order valence-corrected chi connectivity index (χ3v) is 3.37. The Hall–Kier alpha value is -2.13. The maximum Gasteiger partial charge on any atom is 0.228 e. The van der Waals surface area contributed by atoms with Crippen LogP contribution in [0.5, 0.6) is 0 Å². The number of hydrogen-bond acceptors (Lipinski definition) is 2. The van der Waals surface area contributed by atoms with E-state index in [4.69, 9.17) is 5.73 Å². The lowest BCUT2D eigenvalue weighted by Gasteiger charge is -2.11. The van der Waals surface area contributed by atoms with Gasteiger partial charge in [-0.1, -0.05) is 42.0 Å². The summed E-state index contributed by atoms with van der Waals surface area (Å²) in [7, 11) is 0. The standard InChI is InChI=1S/C17H20N2O/c1-12-7-8-13(2)15(9-12)10-17(20)19-16-6-4-3-5-14(16)11-18/h3-9H,10-11,18H2,1-2H3,(H,19,20). The molecule has 2 aromatic rings. The molecular weight excluding hydrogens is 248 g/mol. The summed E-state index contributed by atoms with van der Waals surface area (Å²) in [6, 6.07) is 13.8. The zero-order valence-electron chi connectivity index (χ0n) is 11.9. The average molecular weight is 268 g/mol. The molecule has 0 heterocycles. The molecule has 0 radical (unpaired) electrons. The molecule has 0 aromatic heterocycles. The molecule has 3 N–H and O–H groups in total. The Morgan fingerprint density at radius 3 is 2.60 bits per heavy atom. The average Bonchev–Trinajstić information content (AvgIpc) is 2.43. The molecule has 104 valence electrons. The SMILES string of the molecule is Cc1ccc(C)c(CC(=O)Nc2ccccc2CN)c1. The lowest BCUT2D eigenvalue weighted by molar-refractivity contribution is -0.115. The Balaban J connectivity index is 2.11. The van der Waals surface area contributed by atoms with Gasteiger partial charge in [-0.25, -0.2) is 0 Å². The van der Waals surface area contributed by atoms with Crippen molar-refractivity contribution in [2.24, 2.45) is 5.73 Å². The van der Waals surface area contributed by atoms with Crippen molar-refractivity contribution in [3.8, 4) is 0 Å². The van der Waals surface area contributed by atoms with Crippen LogP contribution in [-0.2, 0) is 17.8 Å². The predicted octanol–water partition coefficient (Wildman–Crippen LogP) is 2.94. The lowest BCUT2D eigenvalue weighted by atomic mass is 10.0. The Morgan fingerprint density at radius 1 is 1.10 bits per heavy atom. The molecule has 2 aromatic carbocycles. The van der Waals surface area contributed by atoms with Crippen LogP contribution in [0.2, 0.25) is 0 Å². The van der Waals surface area contributed by atoms with Gasteiger partial charge in [-0.05, 0) is 36.6 Å². The van der Waals surface area contributed by atoms with Crippen LogP contribution in [0, 0.1) is 13.8 Å². The van der Waals surface area contributed by atoms with E-state index in [0.29, 0.717) is 13.0 Å². The fourth-order valence-corrected chi connectivity index (χ4v) is 2.18. The van der Waals surface area contributed by atoms with Gasteiger partial charge in [0, 0.05) is 12.2 Å². The number of carbonyl (C=O) groups is 1. The van der Waals surface area contributed by atoms with Crippen molar-refractivity contribution >= 4 is 11.6 Å². The van der Waals surface area contributed by atoms with E-state index in [1.165, 1.54) is 5.56 Å². The quantitative estimate of drug-likeness (QED) is 0.895. The van der Waals surface area contributed by atoms with Gasteiger partial charge in [-0.3, -0.25) is 4.79 Å². The number of nitrogens with two attached hydrogens (primary N) is 1. The van der Waals surface area contributed by atoms with Gasteiger partial charge in [-0.2, -0.15) is 0 Å². The van der Waals surface area contributed by atoms with Gasteiger partial charge in [0.15, 0.2) is 0 Å². The molecule has 0 saturated carbocycles. The van der Waals surface area contributed by atoms with E-state index < -0.39 is 0 Å². The van der Waals surface area contributed by atoms with Gasteiger partial charge in [0.25, 0.3) is 0 Å². The lowest BCUT2D eigenvalue weighted by Crippen LogP contribution is -2.17. The number of carbonyl (C=O) groups excluding carboxylic acids is 1. The van der Waals surface area contributed by atoms with Crippen LogP contribution in [-0.4, -0.2) is 5.91 Å². The highest BCUT2D eigenvalue weighted by Gasteiger charge is 2.08. The van der Waals surface area contributed by atoms with Crippen molar-refractivity contribution in [1.29, 1.82) is 0 Å². The molecule has 0 aliphatic carbocycles. The van der Waals surface area contributed by atoms with Crippen molar-refractivity contribution in [3.05, 3.63) is 64.7 Å². The van der Waals surface area contributed by atoms with Crippen LogP contribution < -0.4 is 11.1 Å². The highest BCUT2D eigenvalue weighted by atomic mass is 16.1. The van der Waals surface area contributed by atoms with Gasteiger partial charge in [0.2, 0.25) is 5.91 Å². The van der Waals surface area contributed by atoms with Crippen LogP contribution in [0.15, 0.2) is 42.5 Å². The highest BCUT2D eigenvalue weighted by molar-refractivity contribution is 5.93. The number of rotatable bonds is 4. The molecule has 0 unspecified atom stereocenters. The molecule has 1 amide bonds. The van der Waals surface area contributed by atoms with Gasteiger partial charge >= 0.3 is 0 Å². The second kappa shape index (κ2) is 6.35. The monoisotopic (exact) mass is 268 g/mol. The van der Waals surface area contributed by atoms with Crippen LogP contribution in [0.25, 0.3) is 0 Å². The molecule has 0 aliphatic heterocycles. The number of amides is 1. The minimum atomic E-state index is -0.0143. The molecule has 0 saturated heterocycles. The van der Waals surface area contributed by atoms with E-state index in [1.807, 2.05) is 44.2 Å². The molecule has 3 heteroatoms. The highest BCUT2D eigenvalue weighted by Crippen LogP contribution is 2.16. The largest absolute Gasteiger partial charge is 0.326 e. The van der Waals surface area contributed by atoms with Gasteiger partial charge < -0.3 is 11.1 Å². The molecular formula is C17H20N2O. The van der Waals surface area contributed by atoms with Crippen molar-refractivity contribution in [1.82, 2.24) is 0 Å². The molecule has 0 bridgehead atoms. The number of anilines is 1. The molecule has 0 atom stereocenters. The molecule has 0 aliphatic rings. The maximum absolute atomic E-state index is 12.2. The summed E-state index contributed by atoms with van der Waals surface area (Å²) in [6.45, 7) is 4.47. The van der Waals surface area contributed by atoms with Crippen molar-refractivity contribution in [3.63, 3.8) is 0 Å². The minimum absolute atomic E-state index is 0.0143. The first kappa shape index (κ1) is 14.3. The number of hydrogen-bond donors (Lipinski definition) is 2. The van der Waals surface area contributed by atoms with E-state index in [1.54, 1.807) is 0 Å². The fraction of sp³-hybridized carbons (Fsp3) is 0.235. The zero-order chi connectivity index (χ0) is 14.5. The van der Waals surface area contributed by atoms with Crippen LogP contribution in [0.4, 0.5) is 5.69 Å². The minimum Gasteiger partial charge on any atom is -0.326 e. The first-order valence-electron chi connectivity index (χ1n) is 6.74. The summed E-state index contributed by atoms with van der Waals surface area (Å²) in [5.74, 6) is -0.0143. The van der Waals surface area contributed by atoms with Crippen molar-refractivity contribution < 1.29 is 4.79 Å². The molecule has 0 spiro atoms. The summed E-state index contributed by atoms with van der Waals surface area (Å²) in [5, 5.41) is 2.94. The van der Waals surface area contributed by atoms with E-state index in [0.717, 1.165) is 22.4 Å². The normalized spacial score (nSPS) is 10.3. The first-order valence-corrected chi connectivity index (χ1v) is 6.74. The summed E-state index contributed by atoms with van der Waals surface area (Å²) >= 11 is 0. The molecule has 3 nitrogen and oxygen atoms in total. The Labute approximate surface area is 119 Å². The van der Waals surface area contributed by atoms with E-state index >= 15 is 0 Å². The molecule has 0 fully saturated rings. The fourth-order valence-electron chi connectivity index (χ4n) is 2.18. The number of para-hydroxylation sites is 1. The third kappa shape index (κ3) is 3.45. The second-order valence-electron chi connectivity index (χ2n) is 5.02. The Kier molecular flexibility index (Phi) is 4.53. The van der Waals surface area contributed by atoms with Crippen molar-refractivity contribution in [2.45, 2.75) is 26.8 Å². The van der Waals surface area contributed by atoms with E-state index in [9.17, 15) is 4.79 Å².